The summed E-state index contributed by atoms with van der Waals surface area (Å²) in [5.41, 5.74) is 18.7. The van der Waals surface area contributed by atoms with Gasteiger partial charge in [-0.2, -0.15) is 0 Å². The Morgan fingerprint density at radius 1 is 0.313 bits per heavy atom. The molecule has 11 aromatic carbocycles. The number of aromatic nitrogens is 1. The van der Waals surface area contributed by atoms with E-state index in [1.54, 1.807) is 0 Å². The first-order chi connectivity index (χ1) is 33.2. The second-order valence-electron chi connectivity index (χ2n) is 17.6. The van der Waals surface area contributed by atoms with E-state index in [1.165, 1.54) is 82.6 Å². The minimum atomic E-state index is -0.482. The zero-order valence-electron chi connectivity index (χ0n) is 36.8. The molecule has 1 aliphatic carbocycles. The molecule has 314 valence electrons. The van der Waals surface area contributed by atoms with Crippen LogP contribution in [0.15, 0.2) is 267 Å². The van der Waals surface area contributed by atoms with Crippen molar-refractivity contribution in [2.45, 2.75) is 5.41 Å². The summed E-state index contributed by atoms with van der Waals surface area (Å²) in [7, 11) is 0. The lowest BCUT2D eigenvalue weighted by Gasteiger charge is -2.34. The summed E-state index contributed by atoms with van der Waals surface area (Å²) in [5, 5.41) is 4.85. The van der Waals surface area contributed by atoms with Crippen molar-refractivity contribution in [3.63, 3.8) is 0 Å². The standard InChI is InChI=1S/C65H44N2/c1-5-19-45(20-6-1)46-33-36-53(37-34-46)66(54-38-39-61-58(44-54)56-29-15-17-31-60(56)65(61,50-22-7-2-8-23-50)51-24-9-3-10-25-51)64-43-49(41-48-21-13-14-28-55(48)64)47-35-40-63-59(42-47)57-30-16-18-32-62(57)67(63)52-26-11-4-12-27-52/h1-44H. The van der Waals surface area contributed by atoms with Crippen LogP contribution in [0, 0.1) is 0 Å². The van der Waals surface area contributed by atoms with Gasteiger partial charge in [0.15, 0.2) is 0 Å². The molecule has 0 unspecified atom stereocenters. The van der Waals surface area contributed by atoms with Gasteiger partial charge < -0.3 is 9.47 Å². The molecule has 1 aromatic heterocycles. The average Bonchev–Trinajstić information content (AvgIpc) is 3.90. The molecule has 0 atom stereocenters. The molecular weight excluding hydrogens is 809 g/mol. The van der Waals surface area contributed by atoms with Crippen molar-refractivity contribution in [2.75, 3.05) is 4.90 Å². The SMILES string of the molecule is c1ccc(-c2ccc(N(c3ccc4c(c3)-c3ccccc3C4(c3ccccc3)c3ccccc3)c3cc(-c4ccc5c(c4)c4ccccc4n5-c4ccccc4)cc4ccccc34)cc2)cc1. The number of para-hydroxylation sites is 2. The average molecular weight is 853 g/mol. The molecule has 0 bridgehead atoms. The van der Waals surface area contributed by atoms with Gasteiger partial charge in [0.2, 0.25) is 0 Å². The van der Waals surface area contributed by atoms with Gasteiger partial charge in [0.25, 0.3) is 0 Å². The Morgan fingerprint density at radius 2 is 0.866 bits per heavy atom. The molecule has 0 spiro atoms. The van der Waals surface area contributed by atoms with Gasteiger partial charge >= 0.3 is 0 Å². The van der Waals surface area contributed by atoms with Gasteiger partial charge in [-0.1, -0.05) is 200 Å². The lowest BCUT2D eigenvalue weighted by molar-refractivity contribution is 0.768. The van der Waals surface area contributed by atoms with Crippen molar-refractivity contribution in [1.29, 1.82) is 0 Å². The van der Waals surface area contributed by atoms with Crippen LogP contribution < -0.4 is 4.90 Å². The van der Waals surface area contributed by atoms with Crippen molar-refractivity contribution in [1.82, 2.24) is 4.57 Å². The summed E-state index contributed by atoms with van der Waals surface area (Å²) in [6, 6.07) is 98.2. The lowest BCUT2D eigenvalue weighted by atomic mass is 9.68. The van der Waals surface area contributed by atoms with Gasteiger partial charge in [0.05, 0.1) is 22.1 Å². The van der Waals surface area contributed by atoms with Crippen molar-refractivity contribution in [3.05, 3.63) is 289 Å². The molecule has 1 heterocycles. The molecule has 0 fully saturated rings. The summed E-state index contributed by atoms with van der Waals surface area (Å²) >= 11 is 0. The first kappa shape index (κ1) is 38.7. The maximum atomic E-state index is 2.48. The molecule has 0 saturated carbocycles. The fraction of sp³-hybridized carbons (Fsp3) is 0.0154. The van der Waals surface area contributed by atoms with Crippen LogP contribution in [0.3, 0.4) is 0 Å². The van der Waals surface area contributed by atoms with E-state index in [2.05, 4.69) is 276 Å². The number of nitrogens with zero attached hydrogens (tertiary/aromatic N) is 2. The van der Waals surface area contributed by atoms with Crippen LogP contribution in [0.4, 0.5) is 17.1 Å². The number of rotatable bonds is 8. The molecule has 2 heteroatoms. The molecule has 12 aromatic rings. The van der Waals surface area contributed by atoms with E-state index in [9.17, 15) is 0 Å². The van der Waals surface area contributed by atoms with Crippen LogP contribution in [-0.2, 0) is 5.41 Å². The third-order valence-corrected chi connectivity index (χ3v) is 14.0. The highest BCUT2D eigenvalue weighted by Crippen LogP contribution is 2.57. The Kier molecular flexibility index (Phi) is 9.11. The van der Waals surface area contributed by atoms with Crippen molar-refractivity contribution in [3.8, 4) is 39.1 Å². The maximum absolute atomic E-state index is 2.48. The van der Waals surface area contributed by atoms with E-state index in [4.69, 9.17) is 0 Å². The number of benzene rings is 11. The van der Waals surface area contributed by atoms with E-state index in [0.29, 0.717) is 0 Å². The van der Waals surface area contributed by atoms with Crippen LogP contribution in [0.25, 0.3) is 71.6 Å². The minimum absolute atomic E-state index is 0.482. The molecule has 0 saturated heterocycles. The Bertz CT molecular complexity index is 3740. The highest BCUT2D eigenvalue weighted by Gasteiger charge is 2.46. The zero-order valence-corrected chi connectivity index (χ0v) is 36.8. The summed E-state index contributed by atoms with van der Waals surface area (Å²) in [6.45, 7) is 0. The van der Waals surface area contributed by atoms with Crippen molar-refractivity contribution >= 4 is 49.6 Å². The second kappa shape index (κ2) is 15.8. The second-order valence-corrected chi connectivity index (χ2v) is 17.6. The fourth-order valence-electron chi connectivity index (χ4n) is 11.1. The molecule has 0 aliphatic heterocycles. The number of fused-ring (bicyclic) bond motifs is 7. The Morgan fingerprint density at radius 3 is 1.61 bits per heavy atom. The topological polar surface area (TPSA) is 8.17 Å². The van der Waals surface area contributed by atoms with Gasteiger partial charge in [-0.25, -0.2) is 0 Å². The summed E-state index contributed by atoms with van der Waals surface area (Å²) < 4.78 is 2.39. The van der Waals surface area contributed by atoms with Gasteiger partial charge in [-0.05, 0) is 128 Å². The predicted octanol–water partition coefficient (Wildman–Crippen LogP) is 17.1. The molecule has 0 amide bonds. The van der Waals surface area contributed by atoms with E-state index in [-0.39, 0.29) is 0 Å². The Hall–Kier alpha value is -8.72. The van der Waals surface area contributed by atoms with E-state index in [0.717, 1.165) is 28.3 Å². The third kappa shape index (κ3) is 6.18. The Balaban J connectivity index is 1.04. The third-order valence-electron chi connectivity index (χ3n) is 14.0. The van der Waals surface area contributed by atoms with Gasteiger partial charge in [0.1, 0.15) is 0 Å². The Labute approximate surface area is 390 Å². The highest BCUT2D eigenvalue weighted by atomic mass is 15.1. The molecule has 0 N–H and O–H groups in total. The minimum Gasteiger partial charge on any atom is -0.310 e. The molecule has 13 rings (SSSR count). The van der Waals surface area contributed by atoms with E-state index in [1.807, 2.05) is 0 Å². The summed E-state index contributed by atoms with van der Waals surface area (Å²) in [5.74, 6) is 0. The van der Waals surface area contributed by atoms with Gasteiger partial charge in [-0.3, -0.25) is 0 Å². The predicted molar refractivity (Wildman–Crippen MR) is 281 cm³/mol. The first-order valence-electron chi connectivity index (χ1n) is 23.2. The smallest absolute Gasteiger partial charge is 0.0713 e. The number of hydrogen-bond donors (Lipinski definition) is 0. The van der Waals surface area contributed by atoms with Gasteiger partial charge in [-0.15, -0.1) is 0 Å². The van der Waals surface area contributed by atoms with Gasteiger partial charge in [0, 0.05) is 33.2 Å². The highest BCUT2D eigenvalue weighted by molar-refractivity contribution is 6.11. The molecule has 2 nitrogen and oxygen atoms in total. The number of anilines is 3. The largest absolute Gasteiger partial charge is 0.310 e. The summed E-state index contributed by atoms with van der Waals surface area (Å²) in [4.78, 5) is 2.48. The van der Waals surface area contributed by atoms with Crippen LogP contribution >= 0.6 is 0 Å². The van der Waals surface area contributed by atoms with Crippen molar-refractivity contribution < 1.29 is 0 Å². The molecule has 0 radical (unpaired) electrons. The molecule has 1 aliphatic rings. The monoisotopic (exact) mass is 852 g/mol. The molecule has 67 heavy (non-hydrogen) atoms. The van der Waals surface area contributed by atoms with Crippen LogP contribution in [0.5, 0.6) is 0 Å². The van der Waals surface area contributed by atoms with E-state index >= 15 is 0 Å². The lowest BCUT2D eigenvalue weighted by Crippen LogP contribution is -2.28. The van der Waals surface area contributed by atoms with Crippen LogP contribution in [-0.4, -0.2) is 4.57 Å². The fourth-order valence-corrected chi connectivity index (χ4v) is 11.1. The molecular formula is C65H44N2. The normalized spacial score (nSPS) is 12.6. The quantitative estimate of drug-likeness (QED) is 0.148. The first-order valence-corrected chi connectivity index (χ1v) is 23.2. The maximum Gasteiger partial charge on any atom is 0.0713 e. The summed E-state index contributed by atoms with van der Waals surface area (Å²) in [6.07, 6.45) is 0. The van der Waals surface area contributed by atoms with E-state index < -0.39 is 5.41 Å². The van der Waals surface area contributed by atoms with Crippen LogP contribution in [0.2, 0.25) is 0 Å². The zero-order chi connectivity index (χ0) is 44.3. The van der Waals surface area contributed by atoms with Crippen molar-refractivity contribution in [2.24, 2.45) is 0 Å². The number of hydrogen-bond acceptors (Lipinski definition) is 1. The van der Waals surface area contributed by atoms with Crippen LogP contribution in [0.1, 0.15) is 22.3 Å².